The summed E-state index contributed by atoms with van der Waals surface area (Å²) in [4.78, 5) is 24.9. The summed E-state index contributed by atoms with van der Waals surface area (Å²) >= 11 is 1.28. The third kappa shape index (κ3) is 4.13. The zero-order chi connectivity index (χ0) is 17.6. The van der Waals surface area contributed by atoms with Crippen LogP contribution in [0.1, 0.15) is 15.9 Å². The number of carbonyl (C=O) groups excluding carboxylic acids is 2. The van der Waals surface area contributed by atoms with Crippen LogP contribution in [0.15, 0.2) is 66.1 Å². The summed E-state index contributed by atoms with van der Waals surface area (Å²) in [6, 6.07) is 16.0. The van der Waals surface area contributed by atoms with Crippen molar-refractivity contribution in [1.29, 1.82) is 0 Å². The SMILES string of the molecule is Cn1cnnc1SCC(=O)Nc1ccccc1C(=O)c1ccccc1. The minimum Gasteiger partial charge on any atom is -0.325 e. The molecule has 0 aliphatic heterocycles. The number of benzene rings is 2. The number of anilines is 1. The molecule has 0 unspecified atom stereocenters. The van der Waals surface area contributed by atoms with E-state index < -0.39 is 0 Å². The van der Waals surface area contributed by atoms with Gasteiger partial charge in [0.2, 0.25) is 5.91 Å². The second-order valence-corrected chi connectivity index (χ2v) is 6.24. The summed E-state index contributed by atoms with van der Waals surface area (Å²) in [5, 5.41) is 11.2. The Hall–Kier alpha value is -2.93. The molecular formula is C18H16N4O2S. The number of thioether (sulfide) groups is 1. The summed E-state index contributed by atoms with van der Waals surface area (Å²) in [6.07, 6.45) is 1.58. The zero-order valence-electron chi connectivity index (χ0n) is 13.5. The summed E-state index contributed by atoms with van der Waals surface area (Å²) < 4.78 is 1.74. The van der Waals surface area contributed by atoms with Crippen molar-refractivity contribution in [3.8, 4) is 0 Å². The van der Waals surface area contributed by atoms with Crippen LogP contribution < -0.4 is 5.32 Å². The van der Waals surface area contributed by atoms with E-state index in [9.17, 15) is 9.59 Å². The number of aryl methyl sites for hydroxylation is 1. The summed E-state index contributed by atoms with van der Waals surface area (Å²) in [7, 11) is 1.81. The van der Waals surface area contributed by atoms with Crippen LogP contribution in [0.5, 0.6) is 0 Å². The Morgan fingerprint density at radius 3 is 2.52 bits per heavy atom. The maximum absolute atomic E-state index is 12.7. The molecule has 7 heteroatoms. The fourth-order valence-electron chi connectivity index (χ4n) is 2.25. The molecule has 6 nitrogen and oxygen atoms in total. The van der Waals surface area contributed by atoms with Gasteiger partial charge < -0.3 is 9.88 Å². The molecule has 0 radical (unpaired) electrons. The number of nitrogens with one attached hydrogen (secondary N) is 1. The monoisotopic (exact) mass is 352 g/mol. The molecule has 3 rings (SSSR count). The van der Waals surface area contributed by atoms with Gasteiger partial charge in [0.25, 0.3) is 0 Å². The number of hydrogen-bond acceptors (Lipinski definition) is 5. The van der Waals surface area contributed by atoms with Gasteiger partial charge in [0.15, 0.2) is 10.9 Å². The van der Waals surface area contributed by atoms with Crippen LogP contribution in [0, 0.1) is 0 Å². The van der Waals surface area contributed by atoms with Gasteiger partial charge in [0.05, 0.1) is 11.4 Å². The predicted molar refractivity (Wildman–Crippen MR) is 96.7 cm³/mol. The Morgan fingerprint density at radius 1 is 1.08 bits per heavy atom. The van der Waals surface area contributed by atoms with Crippen LogP contribution in [-0.2, 0) is 11.8 Å². The first-order chi connectivity index (χ1) is 12.1. The molecule has 0 saturated heterocycles. The van der Waals surface area contributed by atoms with Crippen molar-refractivity contribution in [3.63, 3.8) is 0 Å². The van der Waals surface area contributed by atoms with E-state index in [1.807, 2.05) is 25.2 Å². The number of rotatable bonds is 6. The van der Waals surface area contributed by atoms with Gasteiger partial charge in [-0.15, -0.1) is 10.2 Å². The number of ketones is 1. The van der Waals surface area contributed by atoms with Gasteiger partial charge in [-0.1, -0.05) is 54.2 Å². The van der Waals surface area contributed by atoms with E-state index in [1.165, 1.54) is 11.8 Å². The van der Waals surface area contributed by atoms with E-state index in [0.29, 0.717) is 22.0 Å². The quantitative estimate of drug-likeness (QED) is 0.545. The molecular weight excluding hydrogens is 336 g/mol. The highest BCUT2D eigenvalue weighted by atomic mass is 32.2. The molecule has 1 heterocycles. The van der Waals surface area contributed by atoms with Crippen molar-refractivity contribution in [2.24, 2.45) is 7.05 Å². The van der Waals surface area contributed by atoms with E-state index in [2.05, 4.69) is 15.5 Å². The lowest BCUT2D eigenvalue weighted by atomic mass is 10.0. The van der Waals surface area contributed by atoms with Gasteiger partial charge in [-0.25, -0.2) is 0 Å². The third-order valence-corrected chi connectivity index (χ3v) is 4.52. The second-order valence-electron chi connectivity index (χ2n) is 5.30. The molecule has 0 fully saturated rings. The molecule has 3 aromatic rings. The minimum absolute atomic E-state index is 0.127. The molecule has 1 N–H and O–H groups in total. The highest BCUT2D eigenvalue weighted by Crippen LogP contribution is 2.20. The molecule has 2 aromatic carbocycles. The maximum atomic E-state index is 12.7. The molecule has 0 bridgehead atoms. The molecule has 1 amide bonds. The van der Waals surface area contributed by atoms with Gasteiger partial charge >= 0.3 is 0 Å². The van der Waals surface area contributed by atoms with E-state index in [0.717, 1.165) is 0 Å². The lowest BCUT2D eigenvalue weighted by molar-refractivity contribution is -0.113. The maximum Gasteiger partial charge on any atom is 0.234 e. The number of hydrogen-bond donors (Lipinski definition) is 1. The predicted octanol–water partition coefficient (Wildman–Crippen LogP) is 2.78. The van der Waals surface area contributed by atoms with E-state index >= 15 is 0 Å². The van der Waals surface area contributed by atoms with Crippen molar-refractivity contribution in [3.05, 3.63) is 72.1 Å². The van der Waals surface area contributed by atoms with Gasteiger partial charge in [0, 0.05) is 18.2 Å². The molecule has 25 heavy (non-hydrogen) atoms. The number of amides is 1. The fourth-order valence-corrected chi connectivity index (χ4v) is 2.94. The Kier molecular flexibility index (Phi) is 5.25. The topological polar surface area (TPSA) is 76.9 Å². The van der Waals surface area contributed by atoms with Gasteiger partial charge in [0.1, 0.15) is 6.33 Å². The average Bonchev–Trinajstić information content (AvgIpc) is 3.05. The lowest BCUT2D eigenvalue weighted by Gasteiger charge is -2.10. The van der Waals surface area contributed by atoms with Crippen LogP contribution in [0.25, 0.3) is 0 Å². The Morgan fingerprint density at radius 2 is 1.80 bits per heavy atom. The van der Waals surface area contributed by atoms with Gasteiger partial charge in [-0.3, -0.25) is 9.59 Å². The summed E-state index contributed by atoms with van der Waals surface area (Å²) in [5.41, 5.74) is 1.54. The molecule has 0 aliphatic carbocycles. The first kappa shape index (κ1) is 16.9. The van der Waals surface area contributed by atoms with Crippen molar-refractivity contribution < 1.29 is 9.59 Å². The van der Waals surface area contributed by atoms with Gasteiger partial charge in [-0.05, 0) is 12.1 Å². The molecule has 0 saturated carbocycles. The lowest BCUT2D eigenvalue weighted by Crippen LogP contribution is -2.17. The molecule has 0 spiro atoms. The molecule has 1 aromatic heterocycles. The van der Waals surface area contributed by atoms with Crippen LogP contribution in [0.3, 0.4) is 0 Å². The van der Waals surface area contributed by atoms with Crippen molar-refractivity contribution in [2.45, 2.75) is 5.16 Å². The summed E-state index contributed by atoms with van der Waals surface area (Å²) in [6.45, 7) is 0. The minimum atomic E-state index is -0.207. The van der Waals surface area contributed by atoms with Crippen molar-refractivity contribution in [1.82, 2.24) is 14.8 Å². The normalized spacial score (nSPS) is 10.4. The zero-order valence-corrected chi connectivity index (χ0v) is 14.4. The van der Waals surface area contributed by atoms with Crippen LogP contribution >= 0.6 is 11.8 Å². The Labute approximate surface area is 149 Å². The summed E-state index contributed by atoms with van der Waals surface area (Å²) in [5.74, 6) is -0.154. The smallest absolute Gasteiger partial charge is 0.234 e. The first-order valence-electron chi connectivity index (χ1n) is 7.60. The molecule has 0 aliphatic rings. The van der Waals surface area contributed by atoms with Crippen molar-refractivity contribution in [2.75, 3.05) is 11.1 Å². The number of nitrogens with zero attached hydrogens (tertiary/aromatic N) is 3. The van der Waals surface area contributed by atoms with Crippen LogP contribution in [0.4, 0.5) is 5.69 Å². The first-order valence-corrected chi connectivity index (χ1v) is 8.59. The highest BCUT2D eigenvalue weighted by molar-refractivity contribution is 7.99. The number of aromatic nitrogens is 3. The second kappa shape index (κ2) is 7.76. The number of carbonyl (C=O) groups is 2. The third-order valence-electron chi connectivity index (χ3n) is 3.48. The largest absolute Gasteiger partial charge is 0.325 e. The van der Waals surface area contributed by atoms with E-state index in [4.69, 9.17) is 0 Å². The van der Waals surface area contributed by atoms with Gasteiger partial charge in [-0.2, -0.15) is 0 Å². The molecule has 0 atom stereocenters. The molecule has 126 valence electrons. The fraction of sp³-hybridized carbons (Fsp3) is 0.111. The van der Waals surface area contributed by atoms with Crippen molar-refractivity contribution >= 4 is 29.1 Å². The number of para-hydroxylation sites is 1. The Balaban J connectivity index is 1.71. The van der Waals surface area contributed by atoms with E-state index in [1.54, 1.807) is 47.3 Å². The van der Waals surface area contributed by atoms with Crippen LogP contribution in [0.2, 0.25) is 0 Å². The average molecular weight is 352 g/mol. The van der Waals surface area contributed by atoms with E-state index in [-0.39, 0.29) is 17.4 Å². The Bertz CT molecular complexity index is 893. The standard InChI is InChI=1S/C18H16N4O2S/c1-22-12-19-21-18(22)25-11-16(23)20-15-10-6-5-9-14(15)17(24)13-7-3-2-4-8-13/h2-10,12H,11H2,1H3,(H,20,23). The highest BCUT2D eigenvalue weighted by Gasteiger charge is 2.15. The van der Waals surface area contributed by atoms with Crippen LogP contribution in [-0.4, -0.2) is 32.2 Å².